The molecule has 1 amide bonds. The van der Waals surface area contributed by atoms with E-state index < -0.39 is 0 Å². The molecule has 2 heterocycles. The van der Waals surface area contributed by atoms with Crippen LogP contribution in [0.25, 0.3) is 11.3 Å². The molecule has 27 heavy (non-hydrogen) atoms. The maximum absolute atomic E-state index is 14.5. The molecule has 1 aliphatic carbocycles. The fourth-order valence-corrected chi connectivity index (χ4v) is 3.98. The number of halogens is 1. The van der Waals surface area contributed by atoms with Gasteiger partial charge in [-0.25, -0.2) is 14.4 Å². The van der Waals surface area contributed by atoms with Gasteiger partial charge in [0.2, 0.25) is 5.95 Å². The van der Waals surface area contributed by atoms with Crippen molar-refractivity contribution >= 4 is 11.9 Å². The van der Waals surface area contributed by atoms with E-state index in [9.17, 15) is 9.18 Å². The van der Waals surface area contributed by atoms with Gasteiger partial charge in [0, 0.05) is 30.9 Å². The lowest BCUT2D eigenvalue weighted by Crippen LogP contribution is -2.34. The van der Waals surface area contributed by atoms with E-state index in [1.807, 2.05) is 0 Å². The van der Waals surface area contributed by atoms with E-state index in [0.29, 0.717) is 22.8 Å². The van der Waals surface area contributed by atoms with Gasteiger partial charge in [-0.3, -0.25) is 4.79 Å². The van der Waals surface area contributed by atoms with Gasteiger partial charge in [0.05, 0.1) is 11.3 Å². The van der Waals surface area contributed by atoms with Gasteiger partial charge in [0.25, 0.3) is 5.91 Å². The number of carbonyl (C=O) groups excluding carboxylic acids is 1. The predicted octanol–water partition coefficient (Wildman–Crippen LogP) is 3.95. The van der Waals surface area contributed by atoms with Crippen LogP contribution in [0.4, 0.5) is 10.3 Å². The molecular formula is C21H25FN4O. The topological polar surface area (TPSA) is 58.1 Å². The molecule has 4 rings (SSSR count). The van der Waals surface area contributed by atoms with Gasteiger partial charge in [0.1, 0.15) is 5.82 Å². The van der Waals surface area contributed by atoms with Crippen LogP contribution in [0.3, 0.4) is 0 Å². The first kappa shape index (κ1) is 17.9. The highest BCUT2D eigenvalue weighted by Gasteiger charge is 2.24. The zero-order chi connectivity index (χ0) is 18.6. The Balaban J connectivity index is 1.70. The Kier molecular flexibility index (Phi) is 5.32. The zero-order valence-corrected chi connectivity index (χ0v) is 15.5. The van der Waals surface area contributed by atoms with Crippen molar-refractivity contribution in [2.45, 2.75) is 51.0 Å². The van der Waals surface area contributed by atoms with E-state index in [4.69, 9.17) is 0 Å². The first-order valence-corrected chi connectivity index (χ1v) is 9.90. The minimum absolute atomic E-state index is 0.188. The number of rotatable bonds is 4. The summed E-state index contributed by atoms with van der Waals surface area (Å²) in [5.41, 5.74) is 1.06. The fraction of sp³-hybridized carbons (Fsp3) is 0.476. The van der Waals surface area contributed by atoms with Gasteiger partial charge < -0.3 is 10.2 Å². The third-order valence-corrected chi connectivity index (χ3v) is 5.48. The van der Waals surface area contributed by atoms with Crippen molar-refractivity contribution in [2.24, 2.45) is 0 Å². The van der Waals surface area contributed by atoms with Crippen molar-refractivity contribution < 1.29 is 9.18 Å². The molecule has 5 nitrogen and oxygen atoms in total. The molecule has 0 unspecified atom stereocenters. The van der Waals surface area contributed by atoms with Crippen LogP contribution in [0.5, 0.6) is 0 Å². The molecule has 1 aromatic carbocycles. The van der Waals surface area contributed by atoms with Crippen LogP contribution in [-0.2, 0) is 0 Å². The van der Waals surface area contributed by atoms with Gasteiger partial charge in [0.15, 0.2) is 0 Å². The zero-order valence-electron chi connectivity index (χ0n) is 15.5. The smallest absolute Gasteiger partial charge is 0.255 e. The van der Waals surface area contributed by atoms with Crippen molar-refractivity contribution in [2.75, 3.05) is 18.0 Å². The number of anilines is 1. The summed E-state index contributed by atoms with van der Waals surface area (Å²) < 4.78 is 14.5. The molecule has 0 radical (unpaired) electrons. The second-order valence-corrected chi connectivity index (χ2v) is 7.41. The number of nitrogens with one attached hydrogen (secondary N) is 1. The first-order valence-electron chi connectivity index (χ1n) is 9.90. The molecule has 1 saturated carbocycles. The number of benzene rings is 1. The Morgan fingerprint density at radius 1 is 1.07 bits per heavy atom. The maximum Gasteiger partial charge on any atom is 0.255 e. The lowest BCUT2D eigenvalue weighted by Gasteiger charge is -2.27. The fourth-order valence-electron chi connectivity index (χ4n) is 3.98. The van der Waals surface area contributed by atoms with Crippen LogP contribution in [0.2, 0.25) is 0 Å². The highest BCUT2D eigenvalue weighted by Crippen LogP contribution is 2.27. The average Bonchev–Trinajstić information content (AvgIpc) is 3.21. The second-order valence-electron chi connectivity index (χ2n) is 7.41. The van der Waals surface area contributed by atoms with E-state index in [-0.39, 0.29) is 17.8 Å². The molecule has 2 fully saturated rings. The summed E-state index contributed by atoms with van der Waals surface area (Å²) in [6.45, 7) is 1.79. The molecule has 1 saturated heterocycles. The standard InChI is InChI=1S/C21H25FN4O/c22-18-11-5-4-10-16(18)19-17(20(27)24-15-8-2-3-9-15)14-23-21(25-19)26-12-6-1-7-13-26/h4-5,10-11,14-15H,1-3,6-9,12-13H2,(H,24,27). The molecule has 1 aliphatic heterocycles. The lowest BCUT2D eigenvalue weighted by molar-refractivity contribution is 0.0938. The summed E-state index contributed by atoms with van der Waals surface area (Å²) in [7, 11) is 0. The largest absolute Gasteiger partial charge is 0.349 e. The van der Waals surface area contributed by atoms with Crippen molar-refractivity contribution in [3.8, 4) is 11.3 Å². The Hall–Kier alpha value is -2.50. The summed E-state index contributed by atoms with van der Waals surface area (Å²) >= 11 is 0. The SMILES string of the molecule is O=C(NC1CCCC1)c1cnc(N2CCCCC2)nc1-c1ccccc1F. The minimum Gasteiger partial charge on any atom is -0.349 e. The van der Waals surface area contributed by atoms with Crippen molar-refractivity contribution in [3.63, 3.8) is 0 Å². The summed E-state index contributed by atoms with van der Waals surface area (Å²) in [5.74, 6) is -0.0218. The Morgan fingerprint density at radius 3 is 2.56 bits per heavy atom. The van der Waals surface area contributed by atoms with Gasteiger partial charge in [-0.2, -0.15) is 0 Å². The first-order chi connectivity index (χ1) is 13.2. The molecule has 0 bridgehead atoms. The minimum atomic E-state index is -0.379. The summed E-state index contributed by atoms with van der Waals surface area (Å²) in [6, 6.07) is 6.66. The van der Waals surface area contributed by atoms with Crippen molar-refractivity contribution in [1.29, 1.82) is 0 Å². The van der Waals surface area contributed by atoms with Crippen molar-refractivity contribution in [3.05, 3.63) is 41.8 Å². The number of amides is 1. The molecule has 0 atom stereocenters. The van der Waals surface area contributed by atoms with Gasteiger partial charge >= 0.3 is 0 Å². The van der Waals surface area contributed by atoms with Crippen LogP contribution < -0.4 is 10.2 Å². The number of nitrogens with zero attached hydrogens (tertiary/aromatic N) is 3. The molecule has 2 aromatic rings. The Labute approximate surface area is 159 Å². The monoisotopic (exact) mass is 368 g/mol. The maximum atomic E-state index is 14.5. The van der Waals surface area contributed by atoms with E-state index in [1.54, 1.807) is 24.4 Å². The van der Waals surface area contributed by atoms with Crippen LogP contribution in [0.15, 0.2) is 30.5 Å². The molecular weight excluding hydrogens is 343 g/mol. The number of carbonyl (C=O) groups is 1. The van der Waals surface area contributed by atoms with Gasteiger partial charge in [-0.05, 0) is 44.2 Å². The van der Waals surface area contributed by atoms with E-state index >= 15 is 0 Å². The summed E-state index contributed by atoms with van der Waals surface area (Å²) in [5, 5.41) is 3.07. The molecule has 1 N–H and O–H groups in total. The number of hydrogen-bond donors (Lipinski definition) is 1. The summed E-state index contributed by atoms with van der Waals surface area (Å²) in [6.07, 6.45) is 9.22. The average molecular weight is 368 g/mol. The Morgan fingerprint density at radius 2 is 1.81 bits per heavy atom. The number of hydrogen-bond acceptors (Lipinski definition) is 4. The lowest BCUT2D eigenvalue weighted by atomic mass is 10.1. The third kappa shape index (κ3) is 3.94. The number of aromatic nitrogens is 2. The number of piperidine rings is 1. The van der Waals surface area contributed by atoms with Crippen LogP contribution in [-0.4, -0.2) is 35.0 Å². The normalized spacial score (nSPS) is 17.9. The highest BCUT2D eigenvalue weighted by molar-refractivity contribution is 6.00. The molecule has 142 valence electrons. The predicted molar refractivity (Wildman–Crippen MR) is 103 cm³/mol. The third-order valence-electron chi connectivity index (χ3n) is 5.48. The molecule has 6 heteroatoms. The van der Waals surface area contributed by atoms with Gasteiger partial charge in [-0.15, -0.1) is 0 Å². The van der Waals surface area contributed by atoms with E-state index in [1.165, 1.54) is 12.5 Å². The molecule has 0 spiro atoms. The highest BCUT2D eigenvalue weighted by atomic mass is 19.1. The van der Waals surface area contributed by atoms with Crippen LogP contribution in [0.1, 0.15) is 55.3 Å². The van der Waals surface area contributed by atoms with Crippen LogP contribution >= 0.6 is 0 Å². The van der Waals surface area contributed by atoms with Crippen LogP contribution in [0, 0.1) is 5.82 Å². The van der Waals surface area contributed by atoms with Gasteiger partial charge in [-0.1, -0.05) is 25.0 Å². The summed E-state index contributed by atoms with van der Waals surface area (Å²) in [4.78, 5) is 24.1. The molecule has 1 aromatic heterocycles. The molecule has 2 aliphatic rings. The second kappa shape index (κ2) is 8.03. The quantitative estimate of drug-likeness (QED) is 0.888. The van der Waals surface area contributed by atoms with E-state index in [0.717, 1.165) is 51.6 Å². The van der Waals surface area contributed by atoms with E-state index in [2.05, 4.69) is 20.2 Å². The van der Waals surface area contributed by atoms with Crippen molar-refractivity contribution in [1.82, 2.24) is 15.3 Å². The Bertz CT molecular complexity index is 814.